The second-order valence-corrected chi connectivity index (χ2v) is 9.79. The lowest BCUT2D eigenvalue weighted by Crippen LogP contribution is -2.38. The highest BCUT2D eigenvalue weighted by molar-refractivity contribution is 7.89. The highest BCUT2D eigenvalue weighted by Gasteiger charge is 2.32. The molecule has 1 aliphatic heterocycles. The van der Waals surface area contributed by atoms with Crippen LogP contribution in [0.5, 0.6) is 5.75 Å². The molecule has 0 bridgehead atoms. The molecule has 162 valence electrons. The Balaban J connectivity index is 1.54. The van der Waals surface area contributed by atoms with E-state index in [0.717, 1.165) is 28.1 Å². The standard InChI is InChI=1S/C23H26N4O3S/c1-16-4-5-22(30-3)23(10-16)31(28,29)27-8-6-18(7-9-27)21-12-19(11-17(2)26-21)20-13-24-15-25-14-20/h4-5,10-15,18H,6-9H2,1-3H3. The maximum absolute atomic E-state index is 13.3. The van der Waals surface area contributed by atoms with E-state index in [2.05, 4.69) is 16.0 Å². The Morgan fingerprint density at radius 3 is 2.39 bits per heavy atom. The lowest BCUT2D eigenvalue weighted by Gasteiger charge is -2.31. The van der Waals surface area contributed by atoms with Gasteiger partial charge in [0.1, 0.15) is 17.0 Å². The molecule has 7 nitrogen and oxygen atoms in total. The Morgan fingerprint density at radius 2 is 1.71 bits per heavy atom. The van der Waals surface area contributed by atoms with E-state index in [9.17, 15) is 8.42 Å². The monoisotopic (exact) mass is 438 g/mol. The number of piperidine rings is 1. The number of sulfonamides is 1. The number of rotatable bonds is 5. The van der Waals surface area contributed by atoms with Crippen molar-refractivity contribution in [3.8, 4) is 16.9 Å². The molecule has 3 heterocycles. The molecule has 0 radical (unpaired) electrons. The van der Waals surface area contributed by atoms with Crippen LogP contribution in [0.3, 0.4) is 0 Å². The van der Waals surface area contributed by atoms with E-state index < -0.39 is 10.0 Å². The van der Waals surface area contributed by atoms with Gasteiger partial charge in [0, 0.05) is 48.4 Å². The van der Waals surface area contributed by atoms with E-state index in [4.69, 9.17) is 9.72 Å². The highest BCUT2D eigenvalue weighted by Crippen LogP contribution is 2.34. The summed E-state index contributed by atoms with van der Waals surface area (Å²) in [7, 11) is -2.13. The normalized spacial score (nSPS) is 15.7. The quantitative estimate of drug-likeness (QED) is 0.603. The number of hydrogen-bond donors (Lipinski definition) is 0. The van der Waals surface area contributed by atoms with Crippen LogP contribution in [0, 0.1) is 13.8 Å². The fraction of sp³-hybridized carbons (Fsp3) is 0.348. The third kappa shape index (κ3) is 4.45. The first-order valence-electron chi connectivity index (χ1n) is 10.3. The summed E-state index contributed by atoms with van der Waals surface area (Å²) in [6.07, 6.45) is 6.52. The van der Waals surface area contributed by atoms with Crippen LogP contribution in [-0.2, 0) is 10.0 Å². The Hall–Kier alpha value is -2.84. The van der Waals surface area contributed by atoms with Crippen molar-refractivity contribution in [2.75, 3.05) is 20.2 Å². The lowest BCUT2D eigenvalue weighted by atomic mass is 9.92. The van der Waals surface area contributed by atoms with Crippen LogP contribution in [0.15, 0.2) is 53.9 Å². The van der Waals surface area contributed by atoms with Gasteiger partial charge < -0.3 is 4.74 Å². The number of hydrogen-bond acceptors (Lipinski definition) is 6. The van der Waals surface area contributed by atoms with E-state index in [1.165, 1.54) is 13.4 Å². The molecule has 0 N–H and O–H groups in total. The molecule has 0 spiro atoms. The second-order valence-electron chi connectivity index (χ2n) is 7.88. The number of pyridine rings is 1. The van der Waals surface area contributed by atoms with Gasteiger partial charge in [-0.1, -0.05) is 6.07 Å². The second kappa shape index (κ2) is 8.72. The summed E-state index contributed by atoms with van der Waals surface area (Å²) in [5.41, 5.74) is 4.78. The Labute approximate surface area is 183 Å². The van der Waals surface area contributed by atoms with Crippen LogP contribution in [0.1, 0.15) is 35.7 Å². The molecular formula is C23H26N4O3S. The summed E-state index contributed by atoms with van der Waals surface area (Å²) >= 11 is 0. The van der Waals surface area contributed by atoms with Crippen LogP contribution >= 0.6 is 0 Å². The molecule has 1 fully saturated rings. The van der Waals surface area contributed by atoms with Gasteiger partial charge in [-0.05, 0) is 62.1 Å². The third-order valence-corrected chi connectivity index (χ3v) is 7.60. The van der Waals surface area contributed by atoms with Crippen molar-refractivity contribution in [2.45, 2.75) is 37.5 Å². The first-order valence-corrected chi connectivity index (χ1v) is 11.7. The van der Waals surface area contributed by atoms with Crippen molar-refractivity contribution in [3.05, 3.63) is 66.0 Å². The van der Waals surface area contributed by atoms with E-state index in [1.54, 1.807) is 28.8 Å². The fourth-order valence-electron chi connectivity index (χ4n) is 4.03. The van der Waals surface area contributed by atoms with E-state index in [1.807, 2.05) is 26.0 Å². The Kier molecular flexibility index (Phi) is 6.02. The predicted molar refractivity (Wildman–Crippen MR) is 118 cm³/mol. The predicted octanol–water partition coefficient (Wildman–Crippen LogP) is 3.73. The van der Waals surface area contributed by atoms with Crippen molar-refractivity contribution in [1.29, 1.82) is 0 Å². The molecule has 31 heavy (non-hydrogen) atoms. The Bertz CT molecular complexity index is 1170. The number of benzene rings is 1. The molecule has 2 aromatic heterocycles. The summed E-state index contributed by atoms with van der Waals surface area (Å²) < 4.78 is 33.4. The number of aryl methyl sites for hydroxylation is 2. The summed E-state index contributed by atoms with van der Waals surface area (Å²) in [5.74, 6) is 0.580. The van der Waals surface area contributed by atoms with Gasteiger partial charge >= 0.3 is 0 Å². The largest absolute Gasteiger partial charge is 0.495 e. The van der Waals surface area contributed by atoms with E-state index in [-0.39, 0.29) is 10.8 Å². The summed E-state index contributed by atoms with van der Waals surface area (Å²) in [6.45, 7) is 4.75. The van der Waals surface area contributed by atoms with Crippen LogP contribution in [-0.4, -0.2) is 47.9 Å². The smallest absolute Gasteiger partial charge is 0.246 e. The lowest BCUT2D eigenvalue weighted by molar-refractivity contribution is 0.314. The van der Waals surface area contributed by atoms with Crippen molar-refractivity contribution >= 4 is 10.0 Å². The molecule has 0 amide bonds. The van der Waals surface area contributed by atoms with Gasteiger partial charge in [-0.2, -0.15) is 4.31 Å². The van der Waals surface area contributed by atoms with E-state index in [0.29, 0.717) is 31.7 Å². The van der Waals surface area contributed by atoms with Crippen LogP contribution in [0.25, 0.3) is 11.1 Å². The molecule has 0 atom stereocenters. The average Bonchev–Trinajstić information content (AvgIpc) is 2.79. The third-order valence-electron chi connectivity index (χ3n) is 5.68. The zero-order chi connectivity index (χ0) is 22.0. The van der Waals surface area contributed by atoms with Gasteiger partial charge in [0.25, 0.3) is 0 Å². The van der Waals surface area contributed by atoms with Crippen molar-refractivity contribution in [2.24, 2.45) is 0 Å². The van der Waals surface area contributed by atoms with Crippen LogP contribution in [0.2, 0.25) is 0 Å². The summed E-state index contributed by atoms with van der Waals surface area (Å²) in [6, 6.07) is 9.33. The highest BCUT2D eigenvalue weighted by atomic mass is 32.2. The van der Waals surface area contributed by atoms with Gasteiger partial charge in [-0.3, -0.25) is 4.98 Å². The number of nitrogens with zero attached hydrogens (tertiary/aromatic N) is 4. The summed E-state index contributed by atoms with van der Waals surface area (Å²) in [5, 5.41) is 0. The van der Waals surface area contributed by atoms with Crippen molar-refractivity contribution < 1.29 is 13.2 Å². The molecule has 1 aromatic carbocycles. The van der Waals surface area contributed by atoms with Gasteiger partial charge in [-0.15, -0.1) is 0 Å². The van der Waals surface area contributed by atoms with Crippen LogP contribution < -0.4 is 4.74 Å². The van der Waals surface area contributed by atoms with Gasteiger partial charge in [0.2, 0.25) is 10.0 Å². The van der Waals surface area contributed by atoms with Crippen LogP contribution in [0.4, 0.5) is 0 Å². The molecule has 3 aromatic rings. The molecule has 1 saturated heterocycles. The molecule has 0 unspecified atom stereocenters. The number of aromatic nitrogens is 3. The molecule has 8 heteroatoms. The van der Waals surface area contributed by atoms with Gasteiger partial charge in [-0.25, -0.2) is 18.4 Å². The molecule has 4 rings (SSSR count). The SMILES string of the molecule is COc1ccc(C)cc1S(=O)(=O)N1CCC(c2cc(-c3cncnc3)cc(C)n2)CC1. The maximum Gasteiger partial charge on any atom is 0.246 e. The minimum Gasteiger partial charge on any atom is -0.495 e. The van der Waals surface area contributed by atoms with Crippen molar-refractivity contribution in [1.82, 2.24) is 19.3 Å². The summed E-state index contributed by atoms with van der Waals surface area (Å²) in [4.78, 5) is 13.2. The molecular weight excluding hydrogens is 412 g/mol. The minimum absolute atomic E-state index is 0.203. The van der Waals surface area contributed by atoms with Crippen molar-refractivity contribution in [3.63, 3.8) is 0 Å². The molecule has 0 aliphatic carbocycles. The minimum atomic E-state index is -3.62. The zero-order valence-electron chi connectivity index (χ0n) is 17.9. The van der Waals surface area contributed by atoms with E-state index >= 15 is 0 Å². The number of ether oxygens (including phenoxy) is 1. The first-order chi connectivity index (χ1) is 14.9. The first kappa shape index (κ1) is 21.4. The van der Waals surface area contributed by atoms with Gasteiger partial charge in [0.05, 0.1) is 7.11 Å². The molecule has 1 aliphatic rings. The maximum atomic E-state index is 13.3. The average molecular weight is 439 g/mol. The fourth-order valence-corrected chi connectivity index (χ4v) is 5.74. The van der Waals surface area contributed by atoms with Gasteiger partial charge in [0.15, 0.2) is 0 Å². The Morgan fingerprint density at radius 1 is 1.00 bits per heavy atom. The topological polar surface area (TPSA) is 85.3 Å². The zero-order valence-corrected chi connectivity index (χ0v) is 18.8. The number of methoxy groups -OCH3 is 1. The molecule has 0 saturated carbocycles.